The van der Waals surface area contributed by atoms with Crippen molar-refractivity contribution in [3.05, 3.63) is 94.0 Å². The Morgan fingerprint density at radius 3 is 2.26 bits per heavy atom. The lowest BCUT2D eigenvalue weighted by atomic mass is 10.1. The third-order valence-corrected chi connectivity index (χ3v) is 7.00. The number of benzene rings is 3. The van der Waals surface area contributed by atoms with E-state index >= 15 is 0 Å². The lowest BCUT2D eigenvalue weighted by Crippen LogP contribution is -2.39. The standard InChI is InChI=1S/C22H16Cl2F3N3O3S/c23-19-11-10-16(12-20(19)24)30(34(32,33)17-7-2-1-3-8-17)14-21(31)29-28-13-15-6-4-5-9-18(15)22(25,26)27/h1-13H,14H2,(H,29,31). The van der Waals surface area contributed by atoms with Crippen LogP contribution in [0.25, 0.3) is 0 Å². The van der Waals surface area contributed by atoms with Gasteiger partial charge in [0.25, 0.3) is 15.9 Å². The van der Waals surface area contributed by atoms with E-state index in [0.29, 0.717) is 0 Å². The molecule has 0 radical (unpaired) electrons. The van der Waals surface area contributed by atoms with Gasteiger partial charge in [0.2, 0.25) is 0 Å². The van der Waals surface area contributed by atoms with Crippen LogP contribution in [0.4, 0.5) is 18.9 Å². The third kappa shape index (κ3) is 6.07. The maximum Gasteiger partial charge on any atom is 0.417 e. The topological polar surface area (TPSA) is 78.8 Å². The van der Waals surface area contributed by atoms with Crippen LogP contribution in [-0.4, -0.2) is 27.1 Å². The monoisotopic (exact) mass is 529 g/mol. The van der Waals surface area contributed by atoms with Crippen molar-refractivity contribution in [3.8, 4) is 0 Å². The van der Waals surface area contributed by atoms with Crippen LogP contribution in [0.1, 0.15) is 11.1 Å². The van der Waals surface area contributed by atoms with Gasteiger partial charge in [0.1, 0.15) is 6.54 Å². The molecule has 0 aliphatic rings. The fourth-order valence-corrected chi connectivity index (χ4v) is 4.61. The highest BCUT2D eigenvalue weighted by molar-refractivity contribution is 7.92. The summed E-state index contributed by atoms with van der Waals surface area (Å²) in [6.07, 6.45) is -3.78. The number of sulfonamides is 1. The predicted molar refractivity (Wildman–Crippen MR) is 125 cm³/mol. The molecule has 3 aromatic carbocycles. The van der Waals surface area contributed by atoms with Crippen LogP contribution in [0.3, 0.4) is 0 Å². The first-order valence-corrected chi connectivity index (χ1v) is 11.7. The van der Waals surface area contributed by atoms with Crippen molar-refractivity contribution in [2.75, 3.05) is 10.8 Å². The van der Waals surface area contributed by atoms with E-state index in [9.17, 15) is 26.4 Å². The molecule has 3 rings (SSSR count). The largest absolute Gasteiger partial charge is 0.417 e. The predicted octanol–water partition coefficient (Wildman–Crippen LogP) is 5.36. The molecule has 0 heterocycles. The smallest absolute Gasteiger partial charge is 0.271 e. The van der Waals surface area contributed by atoms with Crippen LogP contribution in [0, 0.1) is 0 Å². The molecule has 0 saturated carbocycles. The fraction of sp³-hybridized carbons (Fsp3) is 0.0909. The number of nitrogens with zero attached hydrogens (tertiary/aromatic N) is 2. The number of anilines is 1. The Hall–Kier alpha value is -3.08. The average molecular weight is 530 g/mol. The van der Waals surface area contributed by atoms with Crippen LogP contribution in [0.5, 0.6) is 0 Å². The number of hydrazone groups is 1. The molecular formula is C22H16Cl2F3N3O3S. The van der Waals surface area contributed by atoms with Crippen LogP contribution < -0.4 is 9.73 Å². The van der Waals surface area contributed by atoms with Crippen molar-refractivity contribution >= 4 is 51.0 Å². The maximum atomic E-state index is 13.2. The van der Waals surface area contributed by atoms with Gasteiger partial charge in [-0.25, -0.2) is 13.8 Å². The molecule has 1 N–H and O–H groups in total. The highest BCUT2D eigenvalue weighted by Crippen LogP contribution is 2.32. The zero-order valence-electron chi connectivity index (χ0n) is 17.1. The number of carbonyl (C=O) groups excluding carboxylic acids is 1. The van der Waals surface area contributed by atoms with E-state index in [-0.39, 0.29) is 26.2 Å². The molecule has 0 aliphatic heterocycles. The van der Waals surface area contributed by atoms with Gasteiger partial charge in [-0.05, 0) is 36.4 Å². The van der Waals surface area contributed by atoms with Crippen LogP contribution >= 0.6 is 23.2 Å². The van der Waals surface area contributed by atoms with Gasteiger partial charge in [0.05, 0.1) is 32.4 Å². The number of nitrogens with one attached hydrogen (secondary N) is 1. The number of carbonyl (C=O) groups is 1. The quantitative estimate of drug-likeness (QED) is 0.330. The van der Waals surface area contributed by atoms with Crippen molar-refractivity contribution in [2.45, 2.75) is 11.1 Å². The molecule has 0 unspecified atom stereocenters. The molecule has 34 heavy (non-hydrogen) atoms. The minimum absolute atomic E-state index is 0.0554. The lowest BCUT2D eigenvalue weighted by molar-refractivity contribution is -0.137. The molecule has 0 fully saturated rings. The minimum atomic E-state index is -4.61. The van der Waals surface area contributed by atoms with Gasteiger partial charge < -0.3 is 0 Å². The van der Waals surface area contributed by atoms with Gasteiger partial charge in [-0.1, -0.05) is 59.6 Å². The number of halogens is 5. The Kier molecular flexibility index (Phi) is 7.86. The van der Waals surface area contributed by atoms with Gasteiger partial charge in [0, 0.05) is 5.56 Å². The second kappa shape index (κ2) is 10.5. The molecule has 12 heteroatoms. The summed E-state index contributed by atoms with van der Waals surface area (Å²) in [5.74, 6) is -0.897. The Balaban J connectivity index is 1.87. The van der Waals surface area contributed by atoms with Crippen LogP contribution in [0.15, 0.2) is 82.8 Å². The summed E-state index contributed by atoms with van der Waals surface area (Å²) in [6, 6.07) is 16.0. The van der Waals surface area contributed by atoms with E-state index in [1.54, 1.807) is 6.07 Å². The molecule has 178 valence electrons. The maximum absolute atomic E-state index is 13.2. The SMILES string of the molecule is O=C(CN(c1ccc(Cl)c(Cl)c1)S(=O)(=O)c1ccccc1)NN=Cc1ccccc1C(F)(F)F. The molecule has 0 aliphatic carbocycles. The van der Waals surface area contributed by atoms with Crippen molar-refractivity contribution in [3.63, 3.8) is 0 Å². The van der Waals surface area contributed by atoms with E-state index < -0.39 is 34.2 Å². The highest BCUT2D eigenvalue weighted by Gasteiger charge is 2.32. The molecule has 0 atom stereocenters. The van der Waals surface area contributed by atoms with Crippen molar-refractivity contribution in [1.29, 1.82) is 0 Å². The summed E-state index contributed by atoms with van der Waals surface area (Å²) in [7, 11) is -4.21. The van der Waals surface area contributed by atoms with Crippen molar-refractivity contribution in [2.24, 2.45) is 5.10 Å². The van der Waals surface area contributed by atoms with E-state index in [1.165, 1.54) is 60.7 Å². The Labute approximate surface area is 203 Å². The Morgan fingerprint density at radius 1 is 0.971 bits per heavy atom. The van der Waals surface area contributed by atoms with E-state index in [1.807, 2.05) is 0 Å². The Bertz CT molecular complexity index is 1320. The second-order valence-corrected chi connectivity index (χ2v) is 9.48. The molecule has 1 amide bonds. The summed E-state index contributed by atoms with van der Waals surface area (Å²) in [6.45, 7) is -0.729. The molecule has 0 saturated heterocycles. The zero-order valence-corrected chi connectivity index (χ0v) is 19.5. The van der Waals surface area contributed by atoms with Crippen molar-refractivity contribution < 1.29 is 26.4 Å². The van der Waals surface area contributed by atoms with Crippen LogP contribution in [-0.2, 0) is 21.0 Å². The van der Waals surface area contributed by atoms with Gasteiger partial charge in [0.15, 0.2) is 0 Å². The van der Waals surface area contributed by atoms with Gasteiger partial charge >= 0.3 is 6.18 Å². The zero-order chi connectivity index (χ0) is 24.9. The number of alkyl halides is 3. The summed E-state index contributed by atoms with van der Waals surface area (Å²) in [4.78, 5) is 12.4. The summed E-state index contributed by atoms with van der Waals surface area (Å²) in [5, 5.41) is 3.80. The minimum Gasteiger partial charge on any atom is -0.271 e. The van der Waals surface area contributed by atoms with Gasteiger partial charge in [-0.3, -0.25) is 9.10 Å². The summed E-state index contributed by atoms with van der Waals surface area (Å²) < 4.78 is 66.5. The first-order chi connectivity index (χ1) is 16.0. The first-order valence-electron chi connectivity index (χ1n) is 9.51. The van der Waals surface area contributed by atoms with E-state index in [2.05, 4.69) is 10.5 Å². The summed E-state index contributed by atoms with van der Waals surface area (Å²) >= 11 is 11.9. The number of hydrogen-bond donors (Lipinski definition) is 1. The molecule has 0 bridgehead atoms. The van der Waals surface area contributed by atoms with Gasteiger partial charge in [-0.15, -0.1) is 0 Å². The third-order valence-electron chi connectivity index (χ3n) is 4.47. The molecular weight excluding hydrogens is 514 g/mol. The van der Waals surface area contributed by atoms with Gasteiger partial charge in [-0.2, -0.15) is 18.3 Å². The number of hydrogen-bond acceptors (Lipinski definition) is 4. The fourth-order valence-electron chi connectivity index (χ4n) is 2.88. The van der Waals surface area contributed by atoms with E-state index in [0.717, 1.165) is 16.6 Å². The van der Waals surface area contributed by atoms with Crippen LogP contribution in [0.2, 0.25) is 10.0 Å². The second-order valence-electron chi connectivity index (χ2n) is 6.80. The molecule has 0 aromatic heterocycles. The number of rotatable bonds is 7. The molecule has 6 nitrogen and oxygen atoms in total. The highest BCUT2D eigenvalue weighted by atomic mass is 35.5. The average Bonchev–Trinajstić information content (AvgIpc) is 2.79. The molecule has 3 aromatic rings. The molecule has 0 spiro atoms. The normalized spacial score (nSPS) is 12.0. The first kappa shape index (κ1) is 25.5. The van der Waals surface area contributed by atoms with Crippen molar-refractivity contribution in [1.82, 2.24) is 5.43 Å². The lowest BCUT2D eigenvalue weighted by Gasteiger charge is -2.24. The Morgan fingerprint density at radius 2 is 1.62 bits per heavy atom. The summed E-state index contributed by atoms with van der Waals surface area (Å²) in [5.41, 5.74) is 0.910. The number of amides is 1. The van der Waals surface area contributed by atoms with E-state index in [4.69, 9.17) is 23.2 Å².